The van der Waals surface area contributed by atoms with E-state index < -0.39 is 0 Å². The molecule has 0 saturated carbocycles. The Kier molecular flexibility index (Phi) is 3.42. The highest BCUT2D eigenvalue weighted by Crippen LogP contribution is 2.26. The summed E-state index contributed by atoms with van der Waals surface area (Å²) >= 11 is 0. The van der Waals surface area contributed by atoms with Gasteiger partial charge in [-0.15, -0.1) is 0 Å². The van der Waals surface area contributed by atoms with Crippen molar-refractivity contribution in [3.8, 4) is 0 Å². The van der Waals surface area contributed by atoms with Crippen molar-refractivity contribution in [2.24, 2.45) is 0 Å². The van der Waals surface area contributed by atoms with Crippen molar-refractivity contribution in [2.75, 3.05) is 19.8 Å². The minimum absolute atomic E-state index is 0.293. The largest absolute Gasteiger partial charge is 0.348 e. The highest BCUT2D eigenvalue weighted by molar-refractivity contribution is 4.76. The van der Waals surface area contributed by atoms with Gasteiger partial charge >= 0.3 is 0 Å². The Morgan fingerprint density at radius 3 is 2.71 bits per heavy atom. The summed E-state index contributed by atoms with van der Waals surface area (Å²) in [6, 6.07) is 0.688. The molecule has 82 valence electrons. The summed E-state index contributed by atoms with van der Waals surface area (Å²) in [5.74, 6) is -0.293. The van der Waals surface area contributed by atoms with Crippen molar-refractivity contribution >= 4 is 0 Å². The Hall–Kier alpha value is -0.120. The van der Waals surface area contributed by atoms with Gasteiger partial charge in [0.25, 0.3) is 0 Å². The van der Waals surface area contributed by atoms with Gasteiger partial charge in [0.2, 0.25) is 0 Å². The first kappa shape index (κ1) is 10.4. The Labute approximate surface area is 86.2 Å². The van der Waals surface area contributed by atoms with E-state index in [1.165, 1.54) is 32.2 Å². The Balaban J connectivity index is 1.70. The molecule has 0 radical (unpaired) electrons. The van der Waals surface area contributed by atoms with Crippen molar-refractivity contribution in [1.29, 1.82) is 0 Å². The molecule has 0 aliphatic carbocycles. The summed E-state index contributed by atoms with van der Waals surface area (Å²) in [4.78, 5) is 0. The third-order valence-electron chi connectivity index (χ3n) is 3.26. The number of nitrogens with one attached hydrogen (secondary N) is 1. The molecule has 2 aliphatic rings. The van der Waals surface area contributed by atoms with E-state index in [1.54, 1.807) is 0 Å². The second kappa shape index (κ2) is 4.60. The van der Waals surface area contributed by atoms with Crippen molar-refractivity contribution < 1.29 is 9.47 Å². The van der Waals surface area contributed by atoms with E-state index in [9.17, 15) is 0 Å². The zero-order valence-electron chi connectivity index (χ0n) is 9.05. The highest BCUT2D eigenvalue weighted by atomic mass is 16.7. The zero-order valence-corrected chi connectivity index (χ0v) is 9.05. The van der Waals surface area contributed by atoms with Crippen LogP contribution in [0.3, 0.4) is 0 Å². The van der Waals surface area contributed by atoms with Gasteiger partial charge in [-0.05, 0) is 32.7 Å². The minimum atomic E-state index is -0.293. The summed E-state index contributed by atoms with van der Waals surface area (Å²) < 4.78 is 11.2. The van der Waals surface area contributed by atoms with E-state index in [-0.39, 0.29) is 5.79 Å². The average molecular weight is 199 g/mol. The van der Waals surface area contributed by atoms with Crippen LogP contribution < -0.4 is 5.32 Å². The van der Waals surface area contributed by atoms with Crippen LogP contribution in [0.1, 0.15) is 39.0 Å². The molecule has 3 heteroatoms. The first-order valence-corrected chi connectivity index (χ1v) is 5.80. The van der Waals surface area contributed by atoms with E-state index in [0.717, 1.165) is 19.6 Å². The van der Waals surface area contributed by atoms with E-state index in [4.69, 9.17) is 9.47 Å². The van der Waals surface area contributed by atoms with Crippen LogP contribution in [0.5, 0.6) is 0 Å². The summed E-state index contributed by atoms with van der Waals surface area (Å²) in [7, 11) is 0. The normalized spacial score (nSPS) is 31.9. The third-order valence-corrected chi connectivity index (χ3v) is 3.26. The van der Waals surface area contributed by atoms with Gasteiger partial charge in [0.1, 0.15) is 0 Å². The molecular formula is C11H21NO2. The number of rotatable bonds is 3. The lowest BCUT2D eigenvalue weighted by Crippen LogP contribution is -2.36. The molecule has 1 N–H and O–H groups in total. The maximum Gasteiger partial charge on any atom is 0.165 e. The van der Waals surface area contributed by atoms with Gasteiger partial charge in [0.05, 0.1) is 13.2 Å². The van der Waals surface area contributed by atoms with Crippen LogP contribution in [-0.2, 0) is 9.47 Å². The molecule has 0 aromatic carbocycles. The standard InChI is InChI=1S/C11H21NO2/c1-11(13-8-9-14-11)6-5-10-4-2-3-7-12-10/h10,12H,2-9H2,1H3/t10-/m0/s1. The van der Waals surface area contributed by atoms with Crippen LogP contribution in [0.4, 0.5) is 0 Å². The van der Waals surface area contributed by atoms with Crippen LogP contribution in [0, 0.1) is 0 Å². The quantitative estimate of drug-likeness (QED) is 0.750. The summed E-state index contributed by atoms with van der Waals surface area (Å²) in [6.07, 6.45) is 6.22. The molecule has 14 heavy (non-hydrogen) atoms. The number of hydrogen-bond donors (Lipinski definition) is 1. The molecule has 3 nitrogen and oxygen atoms in total. The molecular weight excluding hydrogens is 178 g/mol. The van der Waals surface area contributed by atoms with Crippen molar-refractivity contribution in [2.45, 2.75) is 50.9 Å². The Morgan fingerprint density at radius 1 is 1.29 bits per heavy atom. The molecule has 0 unspecified atom stereocenters. The van der Waals surface area contributed by atoms with Crippen molar-refractivity contribution in [3.05, 3.63) is 0 Å². The van der Waals surface area contributed by atoms with E-state index in [2.05, 4.69) is 12.2 Å². The van der Waals surface area contributed by atoms with E-state index >= 15 is 0 Å². The average Bonchev–Trinajstić information content (AvgIpc) is 2.65. The van der Waals surface area contributed by atoms with Gasteiger partial charge < -0.3 is 14.8 Å². The number of ether oxygens (including phenoxy) is 2. The fourth-order valence-corrected chi connectivity index (χ4v) is 2.31. The summed E-state index contributed by atoms with van der Waals surface area (Å²) in [5, 5.41) is 3.55. The van der Waals surface area contributed by atoms with Gasteiger partial charge in [-0.3, -0.25) is 0 Å². The van der Waals surface area contributed by atoms with Crippen molar-refractivity contribution in [1.82, 2.24) is 5.32 Å². The van der Waals surface area contributed by atoms with Gasteiger partial charge in [-0.25, -0.2) is 0 Å². The van der Waals surface area contributed by atoms with Crippen LogP contribution in [0.15, 0.2) is 0 Å². The highest BCUT2D eigenvalue weighted by Gasteiger charge is 2.31. The molecule has 1 atom stereocenters. The molecule has 0 aromatic rings. The molecule has 2 heterocycles. The predicted molar refractivity (Wildman–Crippen MR) is 55.2 cm³/mol. The number of hydrogen-bond acceptors (Lipinski definition) is 3. The maximum atomic E-state index is 5.58. The van der Waals surface area contributed by atoms with Crippen LogP contribution >= 0.6 is 0 Å². The Morgan fingerprint density at radius 2 is 2.07 bits per heavy atom. The lowest BCUT2D eigenvalue weighted by atomic mass is 9.98. The molecule has 2 fully saturated rings. The Bertz CT molecular complexity index is 172. The van der Waals surface area contributed by atoms with Gasteiger partial charge in [-0.2, -0.15) is 0 Å². The first-order chi connectivity index (χ1) is 6.79. The minimum Gasteiger partial charge on any atom is -0.348 e. The fourth-order valence-electron chi connectivity index (χ4n) is 2.31. The summed E-state index contributed by atoms with van der Waals surface area (Å²) in [5.41, 5.74) is 0. The third kappa shape index (κ3) is 2.69. The molecule has 0 amide bonds. The zero-order chi connectivity index (χ0) is 9.86. The second-order valence-electron chi connectivity index (χ2n) is 4.52. The van der Waals surface area contributed by atoms with Crippen LogP contribution in [0.25, 0.3) is 0 Å². The maximum absolute atomic E-state index is 5.58. The topological polar surface area (TPSA) is 30.5 Å². The first-order valence-electron chi connectivity index (χ1n) is 5.80. The lowest BCUT2D eigenvalue weighted by Gasteiger charge is -2.28. The molecule has 0 spiro atoms. The second-order valence-corrected chi connectivity index (χ2v) is 4.52. The fraction of sp³-hybridized carbons (Fsp3) is 1.00. The smallest absolute Gasteiger partial charge is 0.165 e. The predicted octanol–water partition coefficient (Wildman–Crippen LogP) is 1.67. The van der Waals surface area contributed by atoms with Crippen LogP contribution in [-0.4, -0.2) is 31.6 Å². The molecule has 0 bridgehead atoms. The van der Waals surface area contributed by atoms with Crippen LogP contribution in [0.2, 0.25) is 0 Å². The molecule has 2 aliphatic heterocycles. The molecule has 0 aromatic heterocycles. The van der Waals surface area contributed by atoms with E-state index in [0.29, 0.717) is 6.04 Å². The SMILES string of the molecule is CC1(CC[C@@H]2CCCCN2)OCCO1. The van der Waals surface area contributed by atoms with E-state index in [1.807, 2.05) is 0 Å². The van der Waals surface area contributed by atoms with Crippen molar-refractivity contribution in [3.63, 3.8) is 0 Å². The number of piperidine rings is 1. The molecule has 2 saturated heterocycles. The monoisotopic (exact) mass is 199 g/mol. The van der Waals surface area contributed by atoms with Gasteiger partial charge in [0, 0.05) is 12.5 Å². The summed E-state index contributed by atoms with van der Waals surface area (Å²) in [6.45, 7) is 4.76. The van der Waals surface area contributed by atoms with Gasteiger partial charge in [0.15, 0.2) is 5.79 Å². The van der Waals surface area contributed by atoms with Gasteiger partial charge in [-0.1, -0.05) is 6.42 Å². The molecule has 2 rings (SSSR count). The lowest BCUT2D eigenvalue weighted by molar-refractivity contribution is -0.148.